The fourth-order valence-corrected chi connectivity index (χ4v) is 2.26. The van der Waals surface area contributed by atoms with Gasteiger partial charge in [0.25, 0.3) is 0 Å². The van der Waals surface area contributed by atoms with Crippen LogP contribution in [-0.4, -0.2) is 24.3 Å². The Labute approximate surface area is 138 Å². The summed E-state index contributed by atoms with van der Waals surface area (Å²) in [5.41, 5.74) is 3.20. The third kappa shape index (κ3) is 8.24. The summed E-state index contributed by atoms with van der Waals surface area (Å²) in [7, 11) is 1.49. The van der Waals surface area contributed by atoms with Crippen LogP contribution in [0.4, 0.5) is 0 Å². The van der Waals surface area contributed by atoms with Gasteiger partial charge in [-0.25, -0.2) is 5.43 Å². The Morgan fingerprint density at radius 2 is 1.91 bits per heavy atom. The Morgan fingerprint density at radius 3 is 2.57 bits per heavy atom. The molecule has 2 N–H and O–H groups in total. The van der Waals surface area contributed by atoms with Crippen molar-refractivity contribution in [2.75, 3.05) is 7.11 Å². The smallest absolute Gasteiger partial charge is 0.240 e. The van der Waals surface area contributed by atoms with Gasteiger partial charge in [0.15, 0.2) is 11.5 Å². The van der Waals surface area contributed by atoms with Gasteiger partial charge in [-0.3, -0.25) is 4.79 Å². The van der Waals surface area contributed by atoms with Crippen LogP contribution in [0.3, 0.4) is 0 Å². The van der Waals surface area contributed by atoms with E-state index in [9.17, 15) is 9.90 Å². The topological polar surface area (TPSA) is 70.9 Å². The standard InChI is InChI=1S/C18H28N2O3/c1-3-4-5-6-7-8-9-10-18(22)20-19-14-15-11-12-17(23-2)16(21)13-15/h11-14,21H,3-10H2,1-2H3,(H,20,22)/b19-14+. The van der Waals surface area contributed by atoms with E-state index in [0.717, 1.165) is 12.8 Å². The van der Waals surface area contributed by atoms with E-state index in [4.69, 9.17) is 4.74 Å². The number of rotatable bonds is 11. The Balaban J connectivity index is 2.19. The zero-order chi connectivity index (χ0) is 16.9. The Morgan fingerprint density at radius 1 is 1.22 bits per heavy atom. The second-order valence-electron chi connectivity index (χ2n) is 5.60. The number of carbonyl (C=O) groups excluding carboxylic acids is 1. The predicted octanol–water partition coefficient (Wildman–Crippen LogP) is 3.99. The largest absolute Gasteiger partial charge is 0.504 e. The fourth-order valence-electron chi connectivity index (χ4n) is 2.26. The highest BCUT2D eigenvalue weighted by molar-refractivity contribution is 5.83. The molecule has 1 aromatic carbocycles. The normalized spacial score (nSPS) is 10.9. The van der Waals surface area contributed by atoms with Gasteiger partial charge in [-0.05, 0) is 30.2 Å². The first kappa shape index (κ1) is 19.0. The van der Waals surface area contributed by atoms with Crippen molar-refractivity contribution in [1.29, 1.82) is 0 Å². The van der Waals surface area contributed by atoms with Gasteiger partial charge in [0.05, 0.1) is 13.3 Å². The van der Waals surface area contributed by atoms with E-state index in [-0.39, 0.29) is 11.7 Å². The second-order valence-corrected chi connectivity index (χ2v) is 5.60. The predicted molar refractivity (Wildman–Crippen MR) is 93.0 cm³/mol. The van der Waals surface area contributed by atoms with Gasteiger partial charge in [0, 0.05) is 6.42 Å². The van der Waals surface area contributed by atoms with Crippen molar-refractivity contribution < 1.29 is 14.6 Å². The number of nitrogens with one attached hydrogen (secondary N) is 1. The molecule has 0 radical (unpaired) electrons. The highest BCUT2D eigenvalue weighted by Gasteiger charge is 2.02. The van der Waals surface area contributed by atoms with Crippen LogP contribution < -0.4 is 10.2 Å². The van der Waals surface area contributed by atoms with Gasteiger partial charge in [0.2, 0.25) is 5.91 Å². The van der Waals surface area contributed by atoms with Crippen LogP contribution in [0.1, 0.15) is 63.9 Å². The molecule has 5 nitrogen and oxygen atoms in total. The van der Waals surface area contributed by atoms with Crippen LogP contribution in [0.15, 0.2) is 23.3 Å². The van der Waals surface area contributed by atoms with E-state index >= 15 is 0 Å². The molecule has 1 rings (SSSR count). The van der Waals surface area contributed by atoms with Crippen molar-refractivity contribution >= 4 is 12.1 Å². The average molecular weight is 320 g/mol. The highest BCUT2D eigenvalue weighted by atomic mass is 16.5. The molecule has 0 saturated heterocycles. The second kappa shape index (κ2) is 11.5. The number of benzene rings is 1. The van der Waals surface area contributed by atoms with Crippen LogP contribution in [0.5, 0.6) is 11.5 Å². The van der Waals surface area contributed by atoms with Crippen LogP contribution in [0.2, 0.25) is 0 Å². The molecule has 0 aromatic heterocycles. The summed E-state index contributed by atoms with van der Waals surface area (Å²) in [5, 5.41) is 13.5. The monoisotopic (exact) mass is 320 g/mol. The summed E-state index contributed by atoms with van der Waals surface area (Å²) in [6.07, 6.45) is 10.3. The first-order valence-electron chi connectivity index (χ1n) is 8.36. The number of unbranched alkanes of at least 4 members (excludes halogenated alkanes) is 6. The molecule has 0 fully saturated rings. The van der Waals surface area contributed by atoms with E-state index in [0.29, 0.717) is 17.7 Å². The summed E-state index contributed by atoms with van der Waals surface area (Å²) >= 11 is 0. The van der Waals surface area contributed by atoms with E-state index in [1.165, 1.54) is 51.5 Å². The van der Waals surface area contributed by atoms with E-state index in [1.54, 1.807) is 12.1 Å². The number of carbonyl (C=O) groups is 1. The number of hydrogen-bond donors (Lipinski definition) is 2. The number of aromatic hydroxyl groups is 1. The number of hydrazone groups is 1. The number of hydrogen-bond acceptors (Lipinski definition) is 4. The maximum Gasteiger partial charge on any atom is 0.240 e. The summed E-state index contributed by atoms with van der Waals surface area (Å²) < 4.78 is 4.96. The molecule has 0 aliphatic heterocycles. The van der Waals surface area contributed by atoms with Gasteiger partial charge < -0.3 is 9.84 Å². The molecule has 5 heteroatoms. The molecule has 1 aromatic rings. The molecule has 23 heavy (non-hydrogen) atoms. The molecular weight excluding hydrogens is 292 g/mol. The van der Waals surface area contributed by atoms with Crippen LogP contribution >= 0.6 is 0 Å². The molecule has 0 unspecified atom stereocenters. The SMILES string of the molecule is CCCCCCCCCC(=O)N/N=C/c1ccc(OC)c(O)c1. The first-order valence-corrected chi connectivity index (χ1v) is 8.36. The maximum absolute atomic E-state index is 11.6. The molecule has 1 amide bonds. The molecule has 0 saturated carbocycles. The molecule has 0 bridgehead atoms. The summed E-state index contributed by atoms with van der Waals surface area (Å²) in [5.74, 6) is 0.378. The lowest BCUT2D eigenvalue weighted by molar-refractivity contribution is -0.121. The Hall–Kier alpha value is -2.04. The maximum atomic E-state index is 11.6. The zero-order valence-electron chi connectivity index (χ0n) is 14.2. The van der Waals surface area contributed by atoms with Gasteiger partial charge in [-0.1, -0.05) is 45.4 Å². The van der Waals surface area contributed by atoms with Crippen molar-refractivity contribution in [2.45, 2.75) is 58.3 Å². The lowest BCUT2D eigenvalue weighted by Crippen LogP contribution is -2.16. The molecule has 0 aliphatic rings. The summed E-state index contributed by atoms with van der Waals surface area (Å²) in [6, 6.07) is 4.94. The summed E-state index contributed by atoms with van der Waals surface area (Å²) in [6.45, 7) is 2.21. The number of phenolic OH excluding ortho intramolecular Hbond substituents is 1. The van der Waals surface area contributed by atoms with Gasteiger partial charge in [-0.2, -0.15) is 5.10 Å². The van der Waals surface area contributed by atoms with Gasteiger partial charge >= 0.3 is 0 Å². The number of ether oxygens (including phenoxy) is 1. The van der Waals surface area contributed by atoms with E-state index in [1.807, 2.05) is 0 Å². The van der Waals surface area contributed by atoms with Gasteiger partial charge in [-0.15, -0.1) is 0 Å². The van der Waals surface area contributed by atoms with E-state index < -0.39 is 0 Å². The minimum absolute atomic E-state index is 0.0471. The van der Waals surface area contributed by atoms with E-state index in [2.05, 4.69) is 17.5 Å². The minimum Gasteiger partial charge on any atom is -0.504 e. The lowest BCUT2D eigenvalue weighted by atomic mass is 10.1. The van der Waals surface area contributed by atoms with Crippen molar-refractivity contribution in [2.24, 2.45) is 5.10 Å². The molecular formula is C18H28N2O3. The quantitative estimate of drug-likeness (QED) is 0.368. The Bertz CT molecular complexity index is 501. The van der Waals surface area contributed by atoms with Crippen molar-refractivity contribution in [1.82, 2.24) is 5.43 Å². The molecule has 0 atom stereocenters. The zero-order valence-corrected chi connectivity index (χ0v) is 14.2. The number of amides is 1. The number of phenols is 1. The third-order valence-corrected chi connectivity index (χ3v) is 3.61. The Kier molecular flexibility index (Phi) is 9.52. The van der Waals surface area contributed by atoms with Crippen molar-refractivity contribution in [3.05, 3.63) is 23.8 Å². The van der Waals surface area contributed by atoms with Crippen LogP contribution in [-0.2, 0) is 4.79 Å². The highest BCUT2D eigenvalue weighted by Crippen LogP contribution is 2.25. The summed E-state index contributed by atoms with van der Waals surface area (Å²) in [4.78, 5) is 11.6. The minimum atomic E-state index is -0.0764. The molecule has 0 aliphatic carbocycles. The number of methoxy groups -OCH3 is 1. The first-order chi connectivity index (χ1) is 11.2. The van der Waals surface area contributed by atoms with Crippen molar-refractivity contribution in [3.63, 3.8) is 0 Å². The fraction of sp³-hybridized carbons (Fsp3) is 0.556. The molecule has 0 heterocycles. The van der Waals surface area contributed by atoms with Gasteiger partial charge in [0.1, 0.15) is 0 Å². The van der Waals surface area contributed by atoms with Crippen LogP contribution in [0.25, 0.3) is 0 Å². The third-order valence-electron chi connectivity index (χ3n) is 3.61. The molecule has 128 valence electrons. The van der Waals surface area contributed by atoms with Crippen LogP contribution in [0, 0.1) is 0 Å². The molecule has 0 spiro atoms. The average Bonchev–Trinajstić information content (AvgIpc) is 2.54. The lowest BCUT2D eigenvalue weighted by Gasteiger charge is -2.03. The van der Waals surface area contributed by atoms with Crippen molar-refractivity contribution in [3.8, 4) is 11.5 Å². The number of nitrogens with zero attached hydrogens (tertiary/aromatic N) is 1.